The Morgan fingerprint density at radius 2 is 1.56 bits per heavy atom. The second-order valence-corrected chi connectivity index (χ2v) is 7.72. The second kappa shape index (κ2) is 3.73. The minimum absolute atomic E-state index is 0.547. The van der Waals surface area contributed by atoms with E-state index in [9.17, 15) is 0 Å². The molecule has 3 aliphatic rings. The van der Waals surface area contributed by atoms with E-state index in [1.807, 2.05) is 0 Å². The van der Waals surface area contributed by atoms with Gasteiger partial charge in [-0.05, 0) is 54.8 Å². The first-order chi connectivity index (χ1) is 7.52. The number of nitrogens with zero attached hydrogens (tertiary/aromatic N) is 1. The van der Waals surface area contributed by atoms with Crippen molar-refractivity contribution >= 4 is 0 Å². The monoisotopic (exact) mass is 221 g/mol. The van der Waals surface area contributed by atoms with Gasteiger partial charge in [0.1, 0.15) is 0 Å². The minimum Gasteiger partial charge on any atom is -0.302 e. The molecule has 16 heavy (non-hydrogen) atoms. The maximum absolute atomic E-state index is 2.77. The van der Waals surface area contributed by atoms with Gasteiger partial charge in [-0.1, -0.05) is 20.8 Å². The highest BCUT2D eigenvalue weighted by Crippen LogP contribution is 2.48. The van der Waals surface area contributed by atoms with Crippen molar-refractivity contribution in [1.29, 1.82) is 0 Å². The van der Waals surface area contributed by atoms with Crippen molar-refractivity contribution in [2.24, 2.45) is 29.1 Å². The van der Waals surface area contributed by atoms with Crippen LogP contribution in [0.1, 0.15) is 46.5 Å². The van der Waals surface area contributed by atoms with Crippen molar-refractivity contribution in [2.75, 3.05) is 19.6 Å². The molecule has 3 fully saturated rings. The van der Waals surface area contributed by atoms with Gasteiger partial charge in [-0.25, -0.2) is 0 Å². The smallest absolute Gasteiger partial charge is 0.00131 e. The summed E-state index contributed by atoms with van der Waals surface area (Å²) in [6.07, 6.45) is 6.04. The molecule has 2 saturated carbocycles. The molecule has 2 atom stereocenters. The number of fused-ring (bicyclic) bond motifs is 1. The lowest BCUT2D eigenvalue weighted by Gasteiger charge is -2.28. The average molecular weight is 221 g/mol. The first-order valence-electron chi connectivity index (χ1n) is 7.24. The molecule has 0 spiro atoms. The van der Waals surface area contributed by atoms with Gasteiger partial charge in [0.05, 0.1) is 0 Å². The highest BCUT2D eigenvalue weighted by atomic mass is 15.2. The number of likely N-dealkylation sites (tertiary alicyclic amines) is 1. The fourth-order valence-corrected chi connectivity index (χ4v) is 3.92. The summed E-state index contributed by atoms with van der Waals surface area (Å²) in [6, 6.07) is 0. The summed E-state index contributed by atoms with van der Waals surface area (Å²) >= 11 is 0. The lowest BCUT2D eigenvalue weighted by atomic mass is 9.79. The maximum Gasteiger partial charge on any atom is 0.00131 e. The second-order valence-electron chi connectivity index (χ2n) is 7.72. The summed E-state index contributed by atoms with van der Waals surface area (Å²) in [5.74, 6) is 4.16. The number of hydrogen-bond acceptors (Lipinski definition) is 1. The quantitative estimate of drug-likeness (QED) is 0.691. The van der Waals surface area contributed by atoms with Crippen LogP contribution in [-0.2, 0) is 0 Å². The van der Waals surface area contributed by atoms with E-state index in [2.05, 4.69) is 25.7 Å². The zero-order chi connectivity index (χ0) is 11.3. The molecule has 0 aromatic rings. The Kier molecular flexibility index (Phi) is 2.58. The number of hydrogen-bond donors (Lipinski definition) is 0. The fourth-order valence-electron chi connectivity index (χ4n) is 3.92. The third-order valence-electron chi connectivity index (χ3n) is 5.26. The first-order valence-corrected chi connectivity index (χ1v) is 7.24. The van der Waals surface area contributed by atoms with Crippen LogP contribution in [-0.4, -0.2) is 24.5 Å². The van der Waals surface area contributed by atoms with Crippen molar-refractivity contribution in [3.05, 3.63) is 0 Å². The molecular formula is C15H27N. The van der Waals surface area contributed by atoms with Crippen LogP contribution in [0.15, 0.2) is 0 Å². The summed E-state index contributed by atoms with van der Waals surface area (Å²) in [6.45, 7) is 11.6. The summed E-state index contributed by atoms with van der Waals surface area (Å²) < 4.78 is 0. The molecule has 1 heterocycles. The topological polar surface area (TPSA) is 3.24 Å². The van der Waals surface area contributed by atoms with Gasteiger partial charge in [0.25, 0.3) is 0 Å². The summed E-state index contributed by atoms with van der Waals surface area (Å²) in [5, 5.41) is 0. The molecule has 0 bridgehead atoms. The molecule has 0 radical (unpaired) electrons. The van der Waals surface area contributed by atoms with Gasteiger partial charge in [-0.3, -0.25) is 0 Å². The molecule has 1 heteroatoms. The van der Waals surface area contributed by atoms with E-state index in [1.165, 1.54) is 45.3 Å². The van der Waals surface area contributed by atoms with Crippen LogP contribution in [0.5, 0.6) is 0 Å². The molecule has 1 aliphatic heterocycles. The maximum atomic E-state index is 2.77. The van der Waals surface area contributed by atoms with Crippen LogP contribution in [0.2, 0.25) is 0 Å². The van der Waals surface area contributed by atoms with Gasteiger partial charge in [-0.15, -0.1) is 0 Å². The van der Waals surface area contributed by atoms with E-state index in [0.29, 0.717) is 5.41 Å². The van der Waals surface area contributed by atoms with Crippen LogP contribution in [0.3, 0.4) is 0 Å². The van der Waals surface area contributed by atoms with E-state index in [1.54, 1.807) is 0 Å². The van der Waals surface area contributed by atoms with Crippen LogP contribution < -0.4 is 0 Å². The predicted octanol–water partition coefficient (Wildman–Crippen LogP) is 3.40. The molecule has 2 aliphatic carbocycles. The van der Waals surface area contributed by atoms with E-state index < -0.39 is 0 Å². The Hall–Kier alpha value is -0.0400. The molecule has 0 aromatic heterocycles. The van der Waals surface area contributed by atoms with Crippen LogP contribution in [0, 0.1) is 29.1 Å². The van der Waals surface area contributed by atoms with Crippen LogP contribution in [0.25, 0.3) is 0 Å². The third-order valence-corrected chi connectivity index (χ3v) is 5.26. The largest absolute Gasteiger partial charge is 0.302 e. The molecule has 92 valence electrons. The Morgan fingerprint density at radius 1 is 1.00 bits per heavy atom. The standard InChI is InChI=1S/C15H27N/c1-15(2,3)14-6-12-9-16(8-11-4-5-11)10-13(12)7-14/h11-14H,4-10H2,1-3H3. The lowest BCUT2D eigenvalue weighted by molar-refractivity contribution is 0.210. The first kappa shape index (κ1) is 11.1. The van der Waals surface area contributed by atoms with Crippen molar-refractivity contribution in [1.82, 2.24) is 4.90 Å². The highest BCUT2D eigenvalue weighted by molar-refractivity contribution is 4.96. The van der Waals surface area contributed by atoms with Crippen molar-refractivity contribution < 1.29 is 0 Å². The third kappa shape index (κ3) is 2.16. The molecule has 3 rings (SSSR count). The highest BCUT2D eigenvalue weighted by Gasteiger charge is 2.44. The van der Waals surface area contributed by atoms with Gasteiger partial charge in [0.15, 0.2) is 0 Å². The Morgan fingerprint density at radius 3 is 2.00 bits per heavy atom. The average Bonchev–Trinajstić information content (AvgIpc) is 2.70. The summed E-state index contributed by atoms with van der Waals surface area (Å²) in [7, 11) is 0. The van der Waals surface area contributed by atoms with Gasteiger partial charge >= 0.3 is 0 Å². The molecule has 0 aromatic carbocycles. The van der Waals surface area contributed by atoms with Crippen molar-refractivity contribution in [2.45, 2.75) is 46.5 Å². The van der Waals surface area contributed by atoms with E-state index in [-0.39, 0.29) is 0 Å². The predicted molar refractivity (Wildman–Crippen MR) is 68.3 cm³/mol. The molecule has 2 unspecified atom stereocenters. The summed E-state index contributed by atoms with van der Waals surface area (Å²) in [5.41, 5.74) is 0.547. The SMILES string of the molecule is CC(C)(C)C1CC2CN(CC3CC3)CC2C1. The van der Waals surface area contributed by atoms with E-state index >= 15 is 0 Å². The molecular weight excluding hydrogens is 194 g/mol. The molecule has 1 nitrogen and oxygen atoms in total. The Labute approximate surface area is 101 Å². The summed E-state index contributed by atoms with van der Waals surface area (Å²) in [4.78, 5) is 2.77. The minimum atomic E-state index is 0.547. The van der Waals surface area contributed by atoms with E-state index in [4.69, 9.17) is 0 Å². The number of rotatable bonds is 2. The van der Waals surface area contributed by atoms with Gasteiger partial charge < -0.3 is 4.90 Å². The van der Waals surface area contributed by atoms with Crippen molar-refractivity contribution in [3.63, 3.8) is 0 Å². The van der Waals surface area contributed by atoms with Crippen LogP contribution in [0.4, 0.5) is 0 Å². The normalized spacial score (nSPS) is 40.3. The van der Waals surface area contributed by atoms with Gasteiger partial charge in [0.2, 0.25) is 0 Å². The van der Waals surface area contributed by atoms with Gasteiger partial charge in [-0.2, -0.15) is 0 Å². The fraction of sp³-hybridized carbons (Fsp3) is 1.00. The Balaban J connectivity index is 1.54. The molecule has 0 amide bonds. The zero-order valence-corrected chi connectivity index (χ0v) is 11.2. The van der Waals surface area contributed by atoms with Crippen molar-refractivity contribution in [3.8, 4) is 0 Å². The van der Waals surface area contributed by atoms with E-state index in [0.717, 1.165) is 23.7 Å². The zero-order valence-electron chi connectivity index (χ0n) is 11.2. The molecule has 1 saturated heterocycles. The Bertz CT molecular complexity index is 247. The molecule has 0 N–H and O–H groups in total. The lowest BCUT2D eigenvalue weighted by Crippen LogP contribution is -2.26. The van der Waals surface area contributed by atoms with Gasteiger partial charge in [0, 0.05) is 19.6 Å². The van der Waals surface area contributed by atoms with Crippen LogP contribution >= 0.6 is 0 Å².